The lowest BCUT2D eigenvalue weighted by Gasteiger charge is -1.95. The molecule has 0 bridgehead atoms. The lowest BCUT2D eigenvalue weighted by Crippen LogP contribution is -2.08. The van der Waals surface area contributed by atoms with Crippen molar-refractivity contribution in [1.29, 1.82) is 0 Å². The number of hydrogen-bond donors (Lipinski definition) is 2. The average molecular weight is 273 g/mol. The second-order valence-electron chi connectivity index (χ2n) is 3.52. The molecule has 0 atom stereocenters. The minimum Gasteiger partial charge on any atom is -0.481 e. The molecule has 0 fully saturated rings. The lowest BCUT2D eigenvalue weighted by molar-refractivity contribution is -0.137. The monoisotopic (exact) mass is 272 g/mol. The molecule has 0 aromatic rings. The van der Waals surface area contributed by atoms with Crippen molar-refractivity contribution in [3.8, 4) is 0 Å². The van der Waals surface area contributed by atoms with Crippen molar-refractivity contribution >= 4 is 29.2 Å². The number of unbranched alkanes of at least 4 members (excludes halogenated alkanes) is 4. The first-order chi connectivity index (χ1) is 7.58. The van der Waals surface area contributed by atoms with E-state index < -0.39 is 12.1 Å². The second-order valence-corrected chi connectivity index (χ2v) is 4.14. The molecule has 98 valence electrons. The molecule has 0 saturated carbocycles. The van der Waals surface area contributed by atoms with E-state index in [1.54, 1.807) is 0 Å². The fraction of sp³-hybridized carbons (Fsp3) is 0.909. The Morgan fingerprint density at radius 3 is 1.94 bits per heavy atom. The first-order valence-corrected chi connectivity index (χ1v) is 6.67. The van der Waals surface area contributed by atoms with Gasteiger partial charge in [0.05, 0.1) is 6.10 Å². The molecule has 0 aliphatic heterocycles. The predicted molar refractivity (Wildman–Crippen MR) is 68.5 cm³/mol. The van der Waals surface area contributed by atoms with E-state index in [1.807, 2.05) is 0 Å². The molecular weight excluding hydrogens is 251 g/mol. The zero-order valence-corrected chi connectivity index (χ0v) is 11.3. The predicted octanol–water partition coefficient (Wildman–Crippen LogP) is 3.26. The van der Waals surface area contributed by atoms with Gasteiger partial charge in [-0.1, -0.05) is 32.6 Å². The van der Waals surface area contributed by atoms with Gasteiger partial charge in [0.1, 0.15) is 0 Å². The summed E-state index contributed by atoms with van der Waals surface area (Å²) in [4.78, 5) is 10.0. The molecule has 0 saturated heterocycles. The van der Waals surface area contributed by atoms with Crippen LogP contribution in [-0.2, 0) is 4.79 Å². The number of carboxylic acid groups (broad SMARTS) is 1. The maximum absolute atomic E-state index is 10.0. The number of carbonyl (C=O) groups is 1. The van der Waals surface area contributed by atoms with Crippen LogP contribution in [0.5, 0.6) is 0 Å². The van der Waals surface area contributed by atoms with E-state index >= 15 is 0 Å². The van der Waals surface area contributed by atoms with Gasteiger partial charge < -0.3 is 10.2 Å². The van der Waals surface area contributed by atoms with Crippen molar-refractivity contribution in [2.45, 2.75) is 51.6 Å². The number of alkyl halides is 2. The highest BCUT2D eigenvalue weighted by Gasteiger charge is 1.95. The maximum atomic E-state index is 10.0. The molecule has 0 radical (unpaired) electrons. The van der Waals surface area contributed by atoms with Crippen LogP contribution in [0.1, 0.15) is 45.4 Å². The minimum atomic E-state index is -0.670. The number of carboxylic acids is 1. The van der Waals surface area contributed by atoms with Crippen LogP contribution in [0, 0.1) is 0 Å². The maximum Gasteiger partial charge on any atom is 0.303 e. The highest BCUT2D eigenvalue weighted by Crippen LogP contribution is 2.04. The number of hydrogen-bond acceptors (Lipinski definition) is 2. The van der Waals surface area contributed by atoms with Gasteiger partial charge in [-0.05, 0) is 6.42 Å². The quantitative estimate of drug-likeness (QED) is 0.527. The molecule has 0 aliphatic carbocycles. The van der Waals surface area contributed by atoms with Crippen LogP contribution in [0.3, 0.4) is 0 Å². The summed E-state index contributed by atoms with van der Waals surface area (Å²) in [6.45, 7) is 2.15. The Hall–Kier alpha value is 0.01000. The summed E-state index contributed by atoms with van der Waals surface area (Å²) in [5.74, 6) is -0.219. The van der Waals surface area contributed by atoms with Crippen molar-refractivity contribution < 1.29 is 15.0 Å². The third-order valence-electron chi connectivity index (χ3n) is 1.85. The fourth-order valence-electron chi connectivity index (χ4n) is 0.921. The summed E-state index contributed by atoms with van der Waals surface area (Å²) >= 11 is 10.2. The molecular formula is C11H22Cl2O3. The number of halogens is 2. The van der Waals surface area contributed by atoms with Crippen LogP contribution in [-0.4, -0.2) is 34.0 Å². The van der Waals surface area contributed by atoms with Crippen LogP contribution < -0.4 is 0 Å². The van der Waals surface area contributed by atoms with Gasteiger partial charge in [0.2, 0.25) is 0 Å². The third kappa shape index (κ3) is 19.6. The van der Waals surface area contributed by atoms with Crippen molar-refractivity contribution in [2.24, 2.45) is 0 Å². The molecule has 2 N–H and O–H groups in total. The van der Waals surface area contributed by atoms with E-state index in [9.17, 15) is 4.79 Å². The molecule has 0 aromatic heterocycles. The Kier molecular flexibility index (Phi) is 17.2. The first-order valence-electron chi connectivity index (χ1n) is 5.60. The van der Waals surface area contributed by atoms with Crippen LogP contribution in [0.4, 0.5) is 0 Å². The Bertz CT molecular complexity index is 150. The van der Waals surface area contributed by atoms with E-state index in [-0.39, 0.29) is 11.8 Å². The van der Waals surface area contributed by atoms with Gasteiger partial charge in [-0.25, -0.2) is 0 Å². The number of rotatable bonds is 8. The smallest absolute Gasteiger partial charge is 0.303 e. The van der Waals surface area contributed by atoms with Crippen LogP contribution in [0.25, 0.3) is 0 Å². The average Bonchev–Trinajstić information content (AvgIpc) is 2.28. The molecule has 5 heteroatoms. The van der Waals surface area contributed by atoms with Crippen molar-refractivity contribution in [1.82, 2.24) is 0 Å². The summed E-state index contributed by atoms with van der Waals surface area (Å²) in [7, 11) is 0. The van der Waals surface area contributed by atoms with Gasteiger partial charge in [0.25, 0.3) is 0 Å². The van der Waals surface area contributed by atoms with Gasteiger partial charge in [-0.15, -0.1) is 23.2 Å². The molecule has 3 nitrogen and oxygen atoms in total. The molecule has 0 aliphatic rings. The molecule has 0 heterocycles. The summed E-state index contributed by atoms with van der Waals surface area (Å²) in [6, 6.07) is 0. The van der Waals surface area contributed by atoms with Crippen molar-refractivity contribution in [2.75, 3.05) is 11.8 Å². The van der Waals surface area contributed by atoms with Crippen LogP contribution in [0.2, 0.25) is 0 Å². The zero-order valence-electron chi connectivity index (χ0n) is 9.79. The Labute approximate surface area is 108 Å². The van der Waals surface area contributed by atoms with E-state index in [4.69, 9.17) is 33.4 Å². The standard InChI is InChI=1S/C8H16O2.C3H6Cl2O/c1-2-3-4-5-6-7-8(9)10;4-1-3(6)2-5/h2-7H2,1H3,(H,9,10);3,6H,1-2H2. The van der Waals surface area contributed by atoms with Crippen molar-refractivity contribution in [3.63, 3.8) is 0 Å². The molecule has 0 rings (SSSR count). The topological polar surface area (TPSA) is 57.5 Å². The molecule has 0 aromatic carbocycles. The summed E-state index contributed by atoms with van der Waals surface area (Å²) in [6.07, 6.45) is 5.35. The second kappa shape index (κ2) is 15.0. The first kappa shape index (κ1) is 18.4. The van der Waals surface area contributed by atoms with E-state index in [2.05, 4.69) is 6.92 Å². The Morgan fingerprint density at radius 1 is 1.12 bits per heavy atom. The Morgan fingerprint density at radius 2 is 1.62 bits per heavy atom. The van der Waals surface area contributed by atoms with Gasteiger partial charge >= 0.3 is 5.97 Å². The number of aliphatic carboxylic acids is 1. The summed E-state index contributed by atoms with van der Waals surface area (Å²) in [5, 5.41) is 16.7. The van der Waals surface area contributed by atoms with E-state index in [0.29, 0.717) is 6.42 Å². The summed E-state index contributed by atoms with van der Waals surface area (Å²) < 4.78 is 0. The SMILES string of the molecule is CCCCCCCC(=O)O.OC(CCl)CCl. The van der Waals surface area contributed by atoms with Gasteiger partial charge in [-0.2, -0.15) is 0 Å². The molecule has 0 spiro atoms. The van der Waals surface area contributed by atoms with E-state index in [1.165, 1.54) is 19.3 Å². The number of aliphatic hydroxyl groups is 1. The zero-order chi connectivity index (χ0) is 12.8. The van der Waals surface area contributed by atoms with Crippen molar-refractivity contribution in [3.05, 3.63) is 0 Å². The lowest BCUT2D eigenvalue weighted by atomic mass is 10.1. The van der Waals surface area contributed by atoms with Crippen LogP contribution >= 0.6 is 23.2 Å². The van der Waals surface area contributed by atoms with E-state index in [0.717, 1.165) is 12.8 Å². The summed E-state index contributed by atoms with van der Waals surface area (Å²) in [5.41, 5.74) is 0. The largest absolute Gasteiger partial charge is 0.481 e. The molecule has 0 amide bonds. The molecule has 0 unspecified atom stereocenters. The third-order valence-corrected chi connectivity index (χ3v) is 2.56. The highest BCUT2D eigenvalue weighted by molar-refractivity contribution is 6.21. The number of aliphatic hydroxyl groups excluding tert-OH is 1. The normalized spacial score (nSPS) is 9.81. The van der Waals surface area contributed by atoms with Crippen LogP contribution in [0.15, 0.2) is 0 Å². The van der Waals surface area contributed by atoms with Gasteiger partial charge in [-0.3, -0.25) is 4.79 Å². The van der Waals surface area contributed by atoms with Gasteiger partial charge in [0.15, 0.2) is 0 Å². The minimum absolute atomic E-state index is 0.226. The fourth-order valence-corrected chi connectivity index (χ4v) is 1.25. The highest BCUT2D eigenvalue weighted by atomic mass is 35.5. The Balaban J connectivity index is 0. The molecule has 16 heavy (non-hydrogen) atoms. The van der Waals surface area contributed by atoms with Gasteiger partial charge in [0, 0.05) is 18.2 Å².